The maximum absolute atomic E-state index is 12.6. The molecule has 0 unspecified atom stereocenters. The van der Waals surface area contributed by atoms with E-state index < -0.39 is 11.9 Å². The van der Waals surface area contributed by atoms with Crippen LogP contribution in [0.15, 0.2) is 36.5 Å². The standard InChI is InChI=1S/C16H15ClF3NO3/c1-22-6-7-23-10-24-14-4-3-12(17)8-13(14)11-2-5-15(21-9-11)16(18,19)20/h2-5,8-9H,6-7,10H2,1H3. The number of nitrogens with zero attached hydrogens (tertiary/aromatic N) is 1. The summed E-state index contributed by atoms with van der Waals surface area (Å²) in [5.41, 5.74) is 0.0232. The van der Waals surface area contributed by atoms with Crippen LogP contribution in [0.5, 0.6) is 5.75 Å². The van der Waals surface area contributed by atoms with Crippen molar-refractivity contribution in [3.05, 3.63) is 47.2 Å². The summed E-state index contributed by atoms with van der Waals surface area (Å²) in [7, 11) is 1.55. The molecule has 0 saturated carbocycles. The van der Waals surface area contributed by atoms with Gasteiger partial charge < -0.3 is 14.2 Å². The summed E-state index contributed by atoms with van der Waals surface area (Å²) >= 11 is 5.97. The Morgan fingerprint density at radius 2 is 1.92 bits per heavy atom. The van der Waals surface area contributed by atoms with Crippen LogP contribution in [0.3, 0.4) is 0 Å². The predicted molar refractivity (Wildman–Crippen MR) is 83.0 cm³/mol. The van der Waals surface area contributed by atoms with E-state index in [0.29, 0.717) is 35.1 Å². The Hall–Kier alpha value is -1.83. The van der Waals surface area contributed by atoms with Crippen LogP contribution in [0.1, 0.15) is 5.69 Å². The topological polar surface area (TPSA) is 40.6 Å². The predicted octanol–water partition coefficient (Wildman–Crippen LogP) is 4.42. The van der Waals surface area contributed by atoms with Gasteiger partial charge in [0.05, 0.1) is 13.2 Å². The van der Waals surface area contributed by atoms with E-state index in [1.165, 1.54) is 6.07 Å². The van der Waals surface area contributed by atoms with Crippen LogP contribution in [0.4, 0.5) is 13.2 Å². The third kappa shape index (κ3) is 5.09. The van der Waals surface area contributed by atoms with E-state index in [9.17, 15) is 13.2 Å². The van der Waals surface area contributed by atoms with Gasteiger partial charge in [0.2, 0.25) is 0 Å². The molecule has 1 heterocycles. The molecular weight excluding hydrogens is 347 g/mol. The highest BCUT2D eigenvalue weighted by Gasteiger charge is 2.32. The fourth-order valence-electron chi connectivity index (χ4n) is 1.88. The molecule has 0 aliphatic carbocycles. The number of hydrogen-bond acceptors (Lipinski definition) is 4. The average Bonchev–Trinajstić information content (AvgIpc) is 2.55. The van der Waals surface area contributed by atoms with E-state index in [2.05, 4.69) is 4.98 Å². The lowest BCUT2D eigenvalue weighted by molar-refractivity contribution is -0.141. The summed E-state index contributed by atoms with van der Waals surface area (Å²) in [6, 6.07) is 7.06. The van der Waals surface area contributed by atoms with Crippen molar-refractivity contribution in [1.29, 1.82) is 0 Å². The summed E-state index contributed by atoms with van der Waals surface area (Å²) in [5.74, 6) is 0.429. The maximum atomic E-state index is 12.6. The quantitative estimate of drug-likeness (QED) is 0.540. The van der Waals surface area contributed by atoms with Gasteiger partial charge in [-0.05, 0) is 24.3 Å². The van der Waals surface area contributed by atoms with Crippen molar-refractivity contribution in [2.24, 2.45) is 0 Å². The molecule has 8 heteroatoms. The van der Waals surface area contributed by atoms with Gasteiger partial charge in [-0.1, -0.05) is 17.7 Å². The molecule has 2 rings (SSSR count). The van der Waals surface area contributed by atoms with Gasteiger partial charge in [0.15, 0.2) is 6.79 Å². The van der Waals surface area contributed by atoms with Crippen LogP contribution in [0.2, 0.25) is 5.02 Å². The van der Waals surface area contributed by atoms with Gasteiger partial charge in [-0.3, -0.25) is 4.98 Å². The number of halogens is 4. The minimum absolute atomic E-state index is 0.0218. The van der Waals surface area contributed by atoms with Crippen LogP contribution in [-0.4, -0.2) is 32.1 Å². The molecule has 0 aliphatic heterocycles. The largest absolute Gasteiger partial charge is 0.467 e. The van der Waals surface area contributed by atoms with Crippen molar-refractivity contribution in [2.75, 3.05) is 27.1 Å². The van der Waals surface area contributed by atoms with Gasteiger partial charge in [-0.25, -0.2) is 0 Å². The zero-order valence-corrected chi connectivity index (χ0v) is 13.5. The van der Waals surface area contributed by atoms with E-state index in [4.69, 9.17) is 25.8 Å². The first-order chi connectivity index (χ1) is 11.4. The molecule has 1 aromatic carbocycles. The van der Waals surface area contributed by atoms with Gasteiger partial charge in [0, 0.05) is 29.5 Å². The fraction of sp³-hybridized carbons (Fsp3) is 0.312. The molecule has 2 aromatic rings. The Kier molecular flexibility index (Phi) is 6.42. The Morgan fingerprint density at radius 3 is 2.54 bits per heavy atom. The second kappa shape index (κ2) is 8.32. The fourth-order valence-corrected chi connectivity index (χ4v) is 2.05. The average molecular weight is 362 g/mol. The minimum Gasteiger partial charge on any atom is -0.467 e. The van der Waals surface area contributed by atoms with E-state index in [-0.39, 0.29) is 6.79 Å². The SMILES string of the molecule is COCCOCOc1ccc(Cl)cc1-c1ccc(C(F)(F)F)nc1. The third-order valence-corrected chi connectivity index (χ3v) is 3.27. The zero-order valence-electron chi connectivity index (χ0n) is 12.8. The summed E-state index contributed by atoms with van der Waals surface area (Å²) in [5, 5.41) is 0.428. The maximum Gasteiger partial charge on any atom is 0.433 e. The van der Waals surface area contributed by atoms with Crippen molar-refractivity contribution in [1.82, 2.24) is 4.98 Å². The van der Waals surface area contributed by atoms with Gasteiger partial charge >= 0.3 is 6.18 Å². The molecule has 130 valence electrons. The normalized spacial score (nSPS) is 11.5. The summed E-state index contributed by atoms with van der Waals surface area (Å²) < 4.78 is 53.4. The molecule has 0 atom stereocenters. The molecule has 0 aliphatic rings. The van der Waals surface area contributed by atoms with Crippen molar-refractivity contribution in [3.8, 4) is 16.9 Å². The number of rotatable bonds is 7. The molecule has 0 saturated heterocycles. The molecule has 0 bridgehead atoms. The van der Waals surface area contributed by atoms with Crippen LogP contribution in [-0.2, 0) is 15.7 Å². The molecule has 0 fully saturated rings. The molecule has 0 spiro atoms. The van der Waals surface area contributed by atoms with Crippen LogP contribution < -0.4 is 4.74 Å². The van der Waals surface area contributed by atoms with Crippen molar-refractivity contribution in [3.63, 3.8) is 0 Å². The highest BCUT2D eigenvalue weighted by atomic mass is 35.5. The summed E-state index contributed by atoms with van der Waals surface area (Å²) in [6.45, 7) is 0.771. The number of benzene rings is 1. The molecule has 24 heavy (non-hydrogen) atoms. The van der Waals surface area contributed by atoms with E-state index in [1.807, 2.05) is 0 Å². The first-order valence-electron chi connectivity index (χ1n) is 6.94. The molecule has 4 nitrogen and oxygen atoms in total. The Morgan fingerprint density at radius 1 is 1.12 bits per heavy atom. The number of hydrogen-bond donors (Lipinski definition) is 0. The second-order valence-corrected chi connectivity index (χ2v) is 5.17. The lowest BCUT2D eigenvalue weighted by Gasteiger charge is -2.13. The number of methoxy groups -OCH3 is 1. The summed E-state index contributed by atoms with van der Waals surface area (Å²) in [4.78, 5) is 3.45. The van der Waals surface area contributed by atoms with E-state index in [1.54, 1.807) is 25.3 Å². The zero-order chi connectivity index (χ0) is 17.6. The van der Waals surface area contributed by atoms with E-state index in [0.717, 1.165) is 12.3 Å². The van der Waals surface area contributed by atoms with Gasteiger partial charge in [0.1, 0.15) is 11.4 Å². The smallest absolute Gasteiger partial charge is 0.433 e. The molecule has 1 aromatic heterocycles. The van der Waals surface area contributed by atoms with Gasteiger partial charge in [0.25, 0.3) is 0 Å². The van der Waals surface area contributed by atoms with E-state index >= 15 is 0 Å². The number of alkyl halides is 3. The van der Waals surface area contributed by atoms with Gasteiger partial charge in [-0.15, -0.1) is 0 Å². The number of aromatic nitrogens is 1. The first kappa shape index (κ1) is 18.5. The highest BCUT2D eigenvalue weighted by Crippen LogP contribution is 2.34. The Balaban J connectivity index is 2.17. The monoisotopic (exact) mass is 361 g/mol. The molecule has 0 radical (unpaired) electrons. The van der Waals surface area contributed by atoms with Crippen molar-refractivity contribution >= 4 is 11.6 Å². The Labute approximate surface area is 142 Å². The van der Waals surface area contributed by atoms with Crippen LogP contribution >= 0.6 is 11.6 Å². The third-order valence-electron chi connectivity index (χ3n) is 3.04. The highest BCUT2D eigenvalue weighted by molar-refractivity contribution is 6.31. The van der Waals surface area contributed by atoms with Crippen LogP contribution in [0.25, 0.3) is 11.1 Å². The molecule has 0 amide bonds. The lowest BCUT2D eigenvalue weighted by Crippen LogP contribution is -2.08. The Bertz CT molecular complexity index is 663. The molecular formula is C16H15ClF3NO3. The number of pyridine rings is 1. The van der Waals surface area contributed by atoms with Gasteiger partial charge in [-0.2, -0.15) is 13.2 Å². The second-order valence-electron chi connectivity index (χ2n) is 4.73. The minimum atomic E-state index is -4.48. The van der Waals surface area contributed by atoms with Crippen molar-refractivity contribution < 1.29 is 27.4 Å². The first-order valence-corrected chi connectivity index (χ1v) is 7.32. The number of ether oxygens (including phenoxy) is 3. The van der Waals surface area contributed by atoms with Crippen LogP contribution in [0, 0.1) is 0 Å². The van der Waals surface area contributed by atoms with Crippen molar-refractivity contribution in [2.45, 2.75) is 6.18 Å². The molecule has 0 N–H and O–H groups in total. The summed E-state index contributed by atoms with van der Waals surface area (Å²) in [6.07, 6.45) is -3.35. The lowest BCUT2D eigenvalue weighted by atomic mass is 10.1.